The van der Waals surface area contributed by atoms with Crippen molar-refractivity contribution in [2.24, 2.45) is 0 Å². The molecule has 0 radical (unpaired) electrons. The number of hydrogen-bond acceptors (Lipinski definition) is 5. The summed E-state index contributed by atoms with van der Waals surface area (Å²) in [6.45, 7) is 2.22. The van der Waals surface area contributed by atoms with Gasteiger partial charge in [0.1, 0.15) is 6.04 Å². The van der Waals surface area contributed by atoms with Crippen molar-refractivity contribution < 1.29 is 9.59 Å². The number of carbonyl (C=O) groups is 2. The SMILES string of the molecule is CSCC[C@H](NC(=O)c1ccccc1Br)C(=O)N1CCC2(CC1)NCCc1[nH]cnc12. The van der Waals surface area contributed by atoms with Crippen LogP contribution in [0, 0.1) is 0 Å². The first kappa shape index (κ1) is 22.4. The van der Waals surface area contributed by atoms with Gasteiger partial charge in [0.25, 0.3) is 5.91 Å². The fraction of sp³-hybridized carbons (Fsp3) is 0.500. The molecule has 0 aliphatic carbocycles. The molecule has 3 N–H and O–H groups in total. The molecule has 2 aliphatic heterocycles. The third-order valence-electron chi connectivity index (χ3n) is 6.27. The molecule has 2 aromatic rings. The number of rotatable bonds is 6. The van der Waals surface area contributed by atoms with Crippen LogP contribution < -0.4 is 10.6 Å². The van der Waals surface area contributed by atoms with Crippen molar-refractivity contribution in [3.8, 4) is 0 Å². The van der Waals surface area contributed by atoms with E-state index in [0.29, 0.717) is 25.1 Å². The maximum atomic E-state index is 13.4. The number of piperidine rings is 1. The van der Waals surface area contributed by atoms with Crippen molar-refractivity contribution in [3.63, 3.8) is 0 Å². The number of nitrogens with one attached hydrogen (secondary N) is 3. The van der Waals surface area contributed by atoms with E-state index >= 15 is 0 Å². The van der Waals surface area contributed by atoms with Crippen molar-refractivity contribution >= 4 is 39.5 Å². The van der Waals surface area contributed by atoms with Crippen LogP contribution in [-0.4, -0.2) is 64.4 Å². The van der Waals surface area contributed by atoms with Gasteiger partial charge in [0.2, 0.25) is 5.91 Å². The monoisotopic (exact) mass is 505 g/mol. The molecule has 1 atom stereocenters. The fourth-order valence-corrected chi connectivity index (χ4v) is 5.49. The fourth-order valence-electron chi connectivity index (χ4n) is 4.55. The summed E-state index contributed by atoms with van der Waals surface area (Å²) in [6, 6.07) is 6.75. The maximum Gasteiger partial charge on any atom is 0.253 e. The highest BCUT2D eigenvalue weighted by atomic mass is 79.9. The first-order chi connectivity index (χ1) is 15.0. The van der Waals surface area contributed by atoms with Crippen LogP contribution in [0.15, 0.2) is 35.1 Å². The summed E-state index contributed by atoms with van der Waals surface area (Å²) in [5.41, 5.74) is 2.70. The van der Waals surface area contributed by atoms with Gasteiger partial charge in [-0.1, -0.05) is 12.1 Å². The lowest BCUT2D eigenvalue weighted by Crippen LogP contribution is -2.57. The van der Waals surface area contributed by atoms with Crippen LogP contribution >= 0.6 is 27.7 Å². The lowest BCUT2D eigenvalue weighted by atomic mass is 9.80. The van der Waals surface area contributed by atoms with Gasteiger partial charge in [0.05, 0.1) is 23.1 Å². The summed E-state index contributed by atoms with van der Waals surface area (Å²) in [5, 5.41) is 6.64. The summed E-state index contributed by atoms with van der Waals surface area (Å²) in [6.07, 6.45) is 7.00. The Hall–Kier alpha value is -1.84. The number of fused-ring (bicyclic) bond motifs is 2. The molecule has 4 rings (SSSR count). The Morgan fingerprint density at radius 2 is 2.10 bits per heavy atom. The minimum Gasteiger partial charge on any atom is -0.348 e. The molecular formula is C22H28BrN5O2S. The highest BCUT2D eigenvalue weighted by Crippen LogP contribution is 2.36. The third-order valence-corrected chi connectivity index (χ3v) is 7.61. The van der Waals surface area contributed by atoms with E-state index < -0.39 is 6.04 Å². The zero-order valence-corrected chi connectivity index (χ0v) is 20.0. The molecule has 0 bridgehead atoms. The molecule has 3 heterocycles. The van der Waals surface area contributed by atoms with Crippen LogP contribution in [0.25, 0.3) is 0 Å². The zero-order chi connectivity index (χ0) is 21.8. The summed E-state index contributed by atoms with van der Waals surface area (Å²) < 4.78 is 0.724. The number of aromatic nitrogens is 2. The quantitative estimate of drug-likeness (QED) is 0.561. The average molecular weight is 506 g/mol. The molecule has 9 heteroatoms. The van der Waals surface area contributed by atoms with E-state index in [4.69, 9.17) is 0 Å². The summed E-state index contributed by atoms with van der Waals surface area (Å²) in [7, 11) is 0. The molecule has 2 aliphatic rings. The van der Waals surface area contributed by atoms with E-state index in [1.165, 1.54) is 5.69 Å². The van der Waals surface area contributed by atoms with E-state index in [9.17, 15) is 9.59 Å². The molecule has 1 fully saturated rings. The van der Waals surface area contributed by atoms with Crippen molar-refractivity contribution in [3.05, 3.63) is 52.0 Å². The lowest BCUT2D eigenvalue weighted by molar-refractivity contribution is -0.135. The molecule has 2 amide bonds. The molecule has 31 heavy (non-hydrogen) atoms. The van der Waals surface area contributed by atoms with Crippen LogP contribution in [0.1, 0.15) is 41.0 Å². The summed E-state index contributed by atoms with van der Waals surface area (Å²) in [4.78, 5) is 35.9. The Kier molecular flexibility index (Phi) is 7.03. The second-order valence-corrected chi connectivity index (χ2v) is 9.94. The minimum absolute atomic E-state index is 0.00219. The number of nitrogens with zero attached hydrogens (tertiary/aromatic N) is 2. The Bertz CT molecular complexity index is 941. The Labute approximate surface area is 195 Å². The number of benzene rings is 1. The number of amides is 2. The molecular weight excluding hydrogens is 478 g/mol. The number of thioether (sulfide) groups is 1. The van der Waals surface area contributed by atoms with Crippen LogP contribution in [0.4, 0.5) is 0 Å². The molecule has 7 nitrogen and oxygen atoms in total. The molecule has 1 aromatic heterocycles. The summed E-state index contributed by atoms with van der Waals surface area (Å²) >= 11 is 5.11. The number of aromatic amines is 1. The predicted molar refractivity (Wildman–Crippen MR) is 126 cm³/mol. The Balaban J connectivity index is 1.44. The highest BCUT2D eigenvalue weighted by molar-refractivity contribution is 9.10. The molecule has 0 saturated carbocycles. The third kappa shape index (κ3) is 4.68. The van der Waals surface area contributed by atoms with E-state index in [2.05, 4.69) is 36.5 Å². The molecule has 1 spiro atoms. The van der Waals surface area contributed by atoms with Gasteiger partial charge in [-0.2, -0.15) is 11.8 Å². The van der Waals surface area contributed by atoms with Gasteiger partial charge in [0.15, 0.2) is 0 Å². The standard InChI is InChI=1S/C22H28BrN5O2S/c1-31-13-7-18(27-20(29)15-4-2-3-5-16(15)23)21(30)28-11-8-22(9-12-28)19-17(6-10-26-22)24-14-25-19/h2-5,14,18,26H,6-13H2,1H3,(H,24,25)(H,27,29)/t18-/m0/s1. The Morgan fingerprint density at radius 3 is 2.84 bits per heavy atom. The molecule has 1 aromatic carbocycles. The number of H-pyrrole nitrogens is 1. The van der Waals surface area contributed by atoms with Crippen molar-refractivity contribution in [1.29, 1.82) is 0 Å². The van der Waals surface area contributed by atoms with Crippen LogP contribution in [-0.2, 0) is 16.8 Å². The zero-order valence-electron chi connectivity index (χ0n) is 17.6. The van der Waals surface area contributed by atoms with Crippen LogP contribution in [0.3, 0.4) is 0 Å². The van der Waals surface area contributed by atoms with Crippen molar-refractivity contribution in [2.45, 2.75) is 37.3 Å². The summed E-state index contributed by atoms with van der Waals surface area (Å²) in [5.74, 6) is 0.584. The minimum atomic E-state index is -0.527. The molecule has 1 saturated heterocycles. The number of halogens is 1. The lowest BCUT2D eigenvalue weighted by Gasteiger charge is -2.44. The molecule has 0 unspecified atom stereocenters. The predicted octanol–water partition coefficient (Wildman–Crippen LogP) is 2.69. The van der Waals surface area contributed by atoms with Gasteiger partial charge in [-0.25, -0.2) is 4.98 Å². The topological polar surface area (TPSA) is 90.1 Å². The van der Waals surface area contributed by atoms with Crippen molar-refractivity contribution in [1.82, 2.24) is 25.5 Å². The van der Waals surface area contributed by atoms with E-state index in [-0.39, 0.29) is 17.4 Å². The van der Waals surface area contributed by atoms with E-state index in [1.54, 1.807) is 24.2 Å². The number of imidazole rings is 1. The Morgan fingerprint density at radius 1 is 1.32 bits per heavy atom. The van der Waals surface area contributed by atoms with Gasteiger partial charge in [-0.05, 0) is 59.3 Å². The number of hydrogen-bond donors (Lipinski definition) is 3. The number of carbonyl (C=O) groups excluding carboxylic acids is 2. The highest BCUT2D eigenvalue weighted by Gasteiger charge is 2.42. The largest absolute Gasteiger partial charge is 0.348 e. The van der Waals surface area contributed by atoms with Gasteiger partial charge in [0, 0.05) is 36.2 Å². The van der Waals surface area contributed by atoms with Crippen LogP contribution in [0.2, 0.25) is 0 Å². The average Bonchev–Trinajstić information content (AvgIpc) is 3.27. The van der Waals surface area contributed by atoms with Gasteiger partial charge in [-0.3, -0.25) is 9.59 Å². The molecule has 166 valence electrons. The number of likely N-dealkylation sites (tertiary alicyclic amines) is 1. The van der Waals surface area contributed by atoms with Crippen molar-refractivity contribution in [2.75, 3.05) is 31.6 Å². The van der Waals surface area contributed by atoms with Gasteiger partial charge in [-0.15, -0.1) is 0 Å². The first-order valence-electron chi connectivity index (χ1n) is 10.6. The maximum absolute atomic E-state index is 13.4. The normalized spacial score (nSPS) is 18.5. The van der Waals surface area contributed by atoms with E-state index in [0.717, 1.165) is 41.7 Å². The van der Waals surface area contributed by atoms with Crippen LogP contribution in [0.5, 0.6) is 0 Å². The second-order valence-electron chi connectivity index (χ2n) is 8.10. The van der Waals surface area contributed by atoms with Gasteiger partial charge < -0.3 is 20.5 Å². The first-order valence-corrected chi connectivity index (χ1v) is 12.8. The smallest absolute Gasteiger partial charge is 0.253 e. The van der Waals surface area contributed by atoms with E-state index in [1.807, 2.05) is 29.4 Å². The second kappa shape index (κ2) is 9.75. The van der Waals surface area contributed by atoms with Gasteiger partial charge >= 0.3 is 0 Å².